The van der Waals surface area contributed by atoms with E-state index in [9.17, 15) is 4.79 Å². The topological polar surface area (TPSA) is 29.1 Å². The molecule has 0 aliphatic rings. The van der Waals surface area contributed by atoms with Crippen molar-refractivity contribution in [2.45, 2.75) is 5.38 Å². The van der Waals surface area contributed by atoms with Crippen LogP contribution in [0.5, 0.6) is 0 Å². The molecule has 18 heavy (non-hydrogen) atoms. The van der Waals surface area contributed by atoms with E-state index in [0.29, 0.717) is 0 Å². The van der Waals surface area contributed by atoms with E-state index < -0.39 is 5.38 Å². The van der Waals surface area contributed by atoms with Crippen molar-refractivity contribution in [3.63, 3.8) is 0 Å². The van der Waals surface area contributed by atoms with Gasteiger partial charge >= 0.3 is 0 Å². The van der Waals surface area contributed by atoms with E-state index >= 15 is 0 Å². The maximum absolute atomic E-state index is 12.0. The number of rotatable bonds is 3. The normalized spacial score (nSPS) is 11.9. The predicted molar refractivity (Wildman–Crippen MR) is 82.8 cm³/mol. The number of alkyl halides is 1. The number of nitrogens with one attached hydrogen (secondary N) is 1. The van der Waals surface area contributed by atoms with Crippen molar-refractivity contribution in [1.82, 2.24) is 0 Å². The van der Waals surface area contributed by atoms with Crippen molar-refractivity contribution in [3.05, 3.63) is 63.7 Å². The highest BCUT2D eigenvalue weighted by atomic mass is 127. The van der Waals surface area contributed by atoms with Crippen LogP contribution in [0, 0.1) is 3.57 Å². The second-order valence-electron chi connectivity index (χ2n) is 3.77. The summed E-state index contributed by atoms with van der Waals surface area (Å²) >= 11 is 8.33. The number of hydrogen-bond acceptors (Lipinski definition) is 1. The van der Waals surface area contributed by atoms with Crippen LogP contribution in [-0.2, 0) is 4.79 Å². The number of benzene rings is 2. The van der Waals surface area contributed by atoms with Gasteiger partial charge in [-0.3, -0.25) is 4.79 Å². The summed E-state index contributed by atoms with van der Waals surface area (Å²) in [5.74, 6) is -0.218. The van der Waals surface area contributed by atoms with Crippen molar-refractivity contribution in [2.75, 3.05) is 5.32 Å². The summed E-state index contributed by atoms with van der Waals surface area (Å²) in [6, 6.07) is 16.9. The van der Waals surface area contributed by atoms with Gasteiger partial charge in [0.15, 0.2) is 0 Å². The Hall–Kier alpha value is -1.07. The monoisotopic (exact) mass is 371 g/mol. The summed E-state index contributed by atoms with van der Waals surface area (Å²) in [6.45, 7) is 0. The van der Waals surface area contributed by atoms with Gasteiger partial charge in [-0.15, -0.1) is 11.6 Å². The van der Waals surface area contributed by atoms with Crippen LogP contribution in [-0.4, -0.2) is 5.91 Å². The van der Waals surface area contributed by atoms with Crippen LogP contribution in [0.1, 0.15) is 10.9 Å². The van der Waals surface area contributed by atoms with Gasteiger partial charge in [0, 0.05) is 9.26 Å². The first-order chi connectivity index (χ1) is 8.66. The molecule has 0 aromatic heterocycles. The van der Waals surface area contributed by atoms with E-state index in [0.717, 1.165) is 14.8 Å². The molecule has 2 nitrogen and oxygen atoms in total. The van der Waals surface area contributed by atoms with Crippen LogP contribution in [0.3, 0.4) is 0 Å². The Morgan fingerprint density at radius 3 is 2.50 bits per heavy atom. The van der Waals surface area contributed by atoms with Crippen LogP contribution in [0.15, 0.2) is 54.6 Å². The standard InChI is InChI=1S/C14H11ClINO/c15-13(10-5-2-1-3-6-10)14(18)17-12-8-4-7-11(16)9-12/h1-9,13H,(H,17,18). The van der Waals surface area contributed by atoms with Gasteiger partial charge in [0.2, 0.25) is 5.91 Å². The molecule has 4 heteroatoms. The summed E-state index contributed by atoms with van der Waals surface area (Å²) in [4.78, 5) is 12.0. The Kier molecular flexibility index (Phi) is 4.60. The minimum Gasteiger partial charge on any atom is -0.324 e. The maximum Gasteiger partial charge on any atom is 0.246 e. The van der Waals surface area contributed by atoms with E-state index in [4.69, 9.17) is 11.6 Å². The number of halogens is 2. The molecule has 1 amide bonds. The Morgan fingerprint density at radius 1 is 1.11 bits per heavy atom. The molecule has 92 valence electrons. The fraction of sp³-hybridized carbons (Fsp3) is 0.0714. The lowest BCUT2D eigenvalue weighted by atomic mass is 10.1. The molecule has 0 saturated carbocycles. The first-order valence-corrected chi connectivity index (χ1v) is 6.94. The number of carbonyl (C=O) groups excluding carboxylic acids is 1. The molecule has 0 bridgehead atoms. The van der Waals surface area contributed by atoms with E-state index in [1.807, 2.05) is 54.6 Å². The minimum absolute atomic E-state index is 0.218. The Morgan fingerprint density at radius 2 is 1.83 bits per heavy atom. The van der Waals surface area contributed by atoms with Gasteiger partial charge in [0.25, 0.3) is 0 Å². The number of anilines is 1. The minimum atomic E-state index is -0.677. The van der Waals surface area contributed by atoms with Gasteiger partial charge in [-0.2, -0.15) is 0 Å². The molecule has 0 aliphatic heterocycles. The van der Waals surface area contributed by atoms with Crippen LogP contribution in [0.25, 0.3) is 0 Å². The molecule has 2 rings (SSSR count). The van der Waals surface area contributed by atoms with Gasteiger partial charge in [0.1, 0.15) is 5.38 Å². The molecule has 0 fully saturated rings. The zero-order chi connectivity index (χ0) is 13.0. The van der Waals surface area contributed by atoms with Crippen molar-refractivity contribution >= 4 is 45.8 Å². The molecule has 0 radical (unpaired) electrons. The molecule has 0 heterocycles. The largest absolute Gasteiger partial charge is 0.324 e. The second kappa shape index (κ2) is 6.20. The number of hydrogen-bond donors (Lipinski definition) is 1. The number of carbonyl (C=O) groups is 1. The molecular formula is C14H11ClINO. The molecular weight excluding hydrogens is 361 g/mol. The third-order valence-electron chi connectivity index (χ3n) is 2.41. The van der Waals surface area contributed by atoms with Gasteiger partial charge in [-0.1, -0.05) is 36.4 Å². The first kappa shape index (κ1) is 13.4. The average molecular weight is 372 g/mol. The van der Waals surface area contributed by atoms with Crippen molar-refractivity contribution < 1.29 is 4.79 Å². The fourth-order valence-corrected chi connectivity index (χ4v) is 2.29. The van der Waals surface area contributed by atoms with E-state index in [2.05, 4.69) is 27.9 Å². The Balaban J connectivity index is 2.09. The van der Waals surface area contributed by atoms with Crippen molar-refractivity contribution in [1.29, 1.82) is 0 Å². The number of amides is 1. The molecule has 1 unspecified atom stereocenters. The maximum atomic E-state index is 12.0. The average Bonchev–Trinajstić information content (AvgIpc) is 2.39. The molecule has 0 spiro atoms. The van der Waals surface area contributed by atoms with Crippen molar-refractivity contribution in [3.8, 4) is 0 Å². The molecule has 1 atom stereocenters. The quantitative estimate of drug-likeness (QED) is 0.635. The smallest absolute Gasteiger partial charge is 0.246 e. The highest BCUT2D eigenvalue weighted by molar-refractivity contribution is 14.1. The first-order valence-electron chi connectivity index (χ1n) is 5.42. The lowest BCUT2D eigenvalue weighted by molar-refractivity contribution is -0.116. The summed E-state index contributed by atoms with van der Waals surface area (Å²) in [6.07, 6.45) is 0. The van der Waals surface area contributed by atoms with E-state index in [-0.39, 0.29) is 5.91 Å². The van der Waals surface area contributed by atoms with E-state index in [1.54, 1.807) is 0 Å². The van der Waals surface area contributed by atoms with Crippen molar-refractivity contribution in [2.24, 2.45) is 0 Å². The molecule has 0 saturated heterocycles. The van der Waals surface area contributed by atoms with Crippen LogP contribution in [0.2, 0.25) is 0 Å². The zero-order valence-electron chi connectivity index (χ0n) is 9.44. The summed E-state index contributed by atoms with van der Waals surface area (Å²) in [7, 11) is 0. The zero-order valence-corrected chi connectivity index (χ0v) is 12.4. The summed E-state index contributed by atoms with van der Waals surface area (Å²) in [5, 5.41) is 2.13. The Bertz CT molecular complexity index is 545. The highest BCUT2D eigenvalue weighted by Crippen LogP contribution is 2.22. The third-order valence-corrected chi connectivity index (χ3v) is 3.54. The Labute approximate surface area is 124 Å². The van der Waals surface area contributed by atoms with E-state index in [1.165, 1.54) is 0 Å². The molecule has 0 aliphatic carbocycles. The third kappa shape index (κ3) is 3.46. The molecule has 1 N–H and O–H groups in total. The molecule has 2 aromatic rings. The SMILES string of the molecule is O=C(Nc1cccc(I)c1)C(Cl)c1ccccc1. The molecule has 2 aromatic carbocycles. The highest BCUT2D eigenvalue weighted by Gasteiger charge is 2.17. The van der Waals surface area contributed by atoms with Gasteiger partial charge in [0.05, 0.1) is 0 Å². The fourth-order valence-electron chi connectivity index (χ4n) is 1.55. The predicted octanol–water partition coefficient (Wildman–Crippen LogP) is 4.21. The summed E-state index contributed by atoms with van der Waals surface area (Å²) < 4.78 is 1.07. The lowest BCUT2D eigenvalue weighted by Gasteiger charge is -2.11. The van der Waals surface area contributed by atoms with Crippen LogP contribution >= 0.6 is 34.2 Å². The van der Waals surface area contributed by atoms with Crippen LogP contribution in [0.4, 0.5) is 5.69 Å². The van der Waals surface area contributed by atoms with Crippen LogP contribution < -0.4 is 5.32 Å². The second-order valence-corrected chi connectivity index (χ2v) is 5.45. The van der Waals surface area contributed by atoms with Gasteiger partial charge < -0.3 is 5.32 Å². The van der Waals surface area contributed by atoms with Gasteiger partial charge in [-0.05, 0) is 46.4 Å². The lowest BCUT2D eigenvalue weighted by Crippen LogP contribution is -2.17. The van der Waals surface area contributed by atoms with Gasteiger partial charge in [-0.25, -0.2) is 0 Å². The summed E-state index contributed by atoms with van der Waals surface area (Å²) in [5.41, 5.74) is 1.55.